The molecule has 1 atom stereocenters. The van der Waals surface area contributed by atoms with Crippen LogP contribution in [0.4, 0.5) is 0 Å². The van der Waals surface area contributed by atoms with Crippen molar-refractivity contribution in [3.05, 3.63) is 30.3 Å². The summed E-state index contributed by atoms with van der Waals surface area (Å²) in [5.41, 5.74) is 0. The Bertz CT molecular complexity index is 565. The zero-order valence-electron chi connectivity index (χ0n) is 13.9. The number of benzene rings is 1. The first-order chi connectivity index (χ1) is 11.0. The lowest BCUT2D eigenvalue weighted by atomic mass is 10.2. The number of sulfonamides is 1. The van der Waals surface area contributed by atoms with Crippen LogP contribution in [0.5, 0.6) is 0 Å². The molecule has 1 N–H and O–H groups in total. The minimum Gasteiger partial charge on any atom is -0.383 e. The van der Waals surface area contributed by atoms with Gasteiger partial charge in [0.05, 0.1) is 11.5 Å². The van der Waals surface area contributed by atoms with Gasteiger partial charge in [-0.15, -0.1) is 0 Å². The topological polar surface area (TPSA) is 61.9 Å². The third kappa shape index (κ3) is 5.54. The smallest absolute Gasteiger partial charge is 0.240 e. The molecule has 0 bridgehead atoms. The summed E-state index contributed by atoms with van der Waals surface area (Å²) in [5, 5.41) is 0. The number of hydrogen-bond donors (Lipinski definition) is 1. The Labute approximate surface area is 139 Å². The molecule has 0 aliphatic carbocycles. The molecule has 1 aromatic rings. The highest BCUT2D eigenvalue weighted by Crippen LogP contribution is 2.09. The summed E-state index contributed by atoms with van der Waals surface area (Å²) >= 11 is 0. The number of ether oxygens (including phenoxy) is 1. The van der Waals surface area contributed by atoms with Gasteiger partial charge in [0.1, 0.15) is 0 Å². The summed E-state index contributed by atoms with van der Waals surface area (Å²) in [6.45, 7) is 7.98. The fourth-order valence-corrected chi connectivity index (χ4v) is 3.88. The SMILES string of the molecule is COCCN1CCN(CCNS(=O)(=O)c2ccccc2)C[C@H]1C. The molecule has 0 saturated carbocycles. The van der Waals surface area contributed by atoms with E-state index in [1.54, 1.807) is 31.4 Å². The normalized spacial score (nSPS) is 20.7. The second-order valence-corrected chi connectivity index (χ2v) is 7.66. The van der Waals surface area contributed by atoms with Crippen molar-refractivity contribution in [3.8, 4) is 0 Å². The molecule has 0 radical (unpaired) electrons. The van der Waals surface area contributed by atoms with Crippen LogP contribution in [0.25, 0.3) is 0 Å². The lowest BCUT2D eigenvalue weighted by molar-refractivity contribution is 0.0601. The van der Waals surface area contributed by atoms with Gasteiger partial charge in [-0.25, -0.2) is 13.1 Å². The van der Waals surface area contributed by atoms with E-state index in [2.05, 4.69) is 21.4 Å². The summed E-state index contributed by atoms with van der Waals surface area (Å²) < 4.78 is 32.1. The number of rotatable bonds is 8. The van der Waals surface area contributed by atoms with E-state index in [1.165, 1.54) is 0 Å². The van der Waals surface area contributed by atoms with Crippen LogP contribution in [0.2, 0.25) is 0 Å². The Morgan fingerprint density at radius 3 is 2.61 bits per heavy atom. The second kappa shape index (κ2) is 8.75. The predicted octanol–water partition coefficient (Wildman–Crippen LogP) is 0.617. The maximum absolute atomic E-state index is 12.2. The molecule has 1 fully saturated rings. The van der Waals surface area contributed by atoms with E-state index in [-0.39, 0.29) is 0 Å². The fraction of sp³-hybridized carbons (Fsp3) is 0.625. The highest BCUT2D eigenvalue weighted by molar-refractivity contribution is 7.89. The standard InChI is InChI=1S/C16H27N3O3S/c1-15-14-18(10-11-19(15)12-13-22-2)9-8-17-23(20,21)16-6-4-3-5-7-16/h3-7,15,17H,8-14H2,1-2H3/t15-/m1/s1. The monoisotopic (exact) mass is 341 g/mol. The van der Waals surface area contributed by atoms with E-state index in [0.29, 0.717) is 17.5 Å². The van der Waals surface area contributed by atoms with Crippen molar-refractivity contribution in [2.45, 2.75) is 17.9 Å². The van der Waals surface area contributed by atoms with Crippen LogP contribution in [-0.2, 0) is 14.8 Å². The molecule has 7 heteroatoms. The van der Waals surface area contributed by atoms with Gasteiger partial charge >= 0.3 is 0 Å². The zero-order chi connectivity index (χ0) is 16.7. The van der Waals surface area contributed by atoms with Crippen molar-refractivity contribution in [1.82, 2.24) is 14.5 Å². The van der Waals surface area contributed by atoms with E-state index in [0.717, 1.165) is 39.3 Å². The molecule has 1 saturated heterocycles. The first-order valence-electron chi connectivity index (χ1n) is 8.03. The van der Waals surface area contributed by atoms with Crippen molar-refractivity contribution in [3.63, 3.8) is 0 Å². The first kappa shape index (κ1) is 18.4. The number of hydrogen-bond acceptors (Lipinski definition) is 5. The summed E-state index contributed by atoms with van der Waals surface area (Å²) in [7, 11) is -1.68. The van der Waals surface area contributed by atoms with Gasteiger partial charge in [-0.1, -0.05) is 18.2 Å². The molecule has 0 amide bonds. The molecular weight excluding hydrogens is 314 g/mol. The van der Waals surface area contributed by atoms with Crippen molar-refractivity contribution in [1.29, 1.82) is 0 Å². The van der Waals surface area contributed by atoms with Crippen LogP contribution < -0.4 is 4.72 Å². The Morgan fingerprint density at radius 1 is 1.22 bits per heavy atom. The van der Waals surface area contributed by atoms with Crippen LogP contribution in [-0.4, -0.2) is 77.2 Å². The number of nitrogens with one attached hydrogen (secondary N) is 1. The van der Waals surface area contributed by atoms with Crippen LogP contribution in [0.15, 0.2) is 35.2 Å². The Kier molecular flexibility index (Phi) is 6.98. The van der Waals surface area contributed by atoms with Gasteiger partial charge in [-0.05, 0) is 19.1 Å². The van der Waals surface area contributed by atoms with Crippen molar-refractivity contribution >= 4 is 10.0 Å². The molecular formula is C16H27N3O3S. The molecule has 130 valence electrons. The molecule has 1 aliphatic rings. The van der Waals surface area contributed by atoms with Gasteiger partial charge in [-0.3, -0.25) is 9.80 Å². The van der Waals surface area contributed by atoms with E-state index in [1.807, 2.05) is 6.07 Å². The quantitative estimate of drug-likeness (QED) is 0.751. The maximum Gasteiger partial charge on any atom is 0.240 e. The van der Waals surface area contributed by atoms with E-state index >= 15 is 0 Å². The van der Waals surface area contributed by atoms with Crippen LogP contribution in [0.1, 0.15) is 6.92 Å². The molecule has 23 heavy (non-hydrogen) atoms. The third-order valence-electron chi connectivity index (χ3n) is 4.21. The number of piperazine rings is 1. The largest absolute Gasteiger partial charge is 0.383 e. The maximum atomic E-state index is 12.2. The van der Waals surface area contributed by atoms with Gasteiger partial charge in [0.25, 0.3) is 0 Å². The molecule has 1 aromatic carbocycles. The summed E-state index contributed by atoms with van der Waals surface area (Å²) in [5.74, 6) is 0. The average molecular weight is 341 g/mol. The lowest BCUT2D eigenvalue weighted by Gasteiger charge is -2.39. The summed E-state index contributed by atoms with van der Waals surface area (Å²) in [6, 6.07) is 8.96. The Hall–Kier alpha value is -0.990. The first-order valence-corrected chi connectivity index (χ1v) is 9.51. The molecule has 1 aliphatic heterocycles. The van der Waals surface area contributed by atoms with Crippen LogP contribution >= 0.6 is 0 Å². The fourth-order valence-electron chi connectivity index (χ4n) is 2.84. The summed E-state index contributed by atoms with van der Waals surface area (Å²) in [6.07, 6.45) is 0. The molecule has 0 unspecified atom stereocenters. The molecule has 0 aromatic heterocycles. The minimum absolute atomic E-state index is 0.317. The number of methoxy groups -OCH3 is 1. The Balaban J connectivity index is 1.75. The second-order valence-electron chi connectivity index (χ2n) is 5.89. The van der Waals surface area contributed by atoms with E-state index < -0.39 is 10.0 Å². The van der Waals surface area contributed by atoms with Gasteiger partial charge in [0, 0.05) is 52.4 Å². The van der Waals surface area contributed by atoms with Gasteiger partial charge < -0.3 is 4.74 Å². The third-order valence-corrected chi connectivity index (χ3v) is 5.68. The zero-order valence-corrected chi connectivity index (χ0v) is 14.8. The average Bonchev–Trinajstić information content (AvgIpc) is 2.55. The molecule has 1 heterocycles. The van der Waals surface area contributed by atoms with Crippen LogP contribution in [0.3, 0.4) is 0 Å². The van der Waals surface area contributed by atoms with Crippen LogP contribution in [0, 0.1) is 0 Å². The highest BCUT2D eigenvalue weighted by Gasteiger charge is 2.23. The van der Waals surface area contributed by atoms with Gasteiger partial charge in [0.15, 0.2) is 0 Å². The minimum atomic E-state index is -3.40. The van der Waals surface area contributed by atoms with E-state index in [9.17, 15) is 8.42 Å². The highest BCUT2D eigenvalue weighted by atomic mass is 32.2. The van der Waals surface area contributed by atoms with E-state index in [4.69, 9.17) is 4.74 Å². The lowest BCUT2D eigenvalue weighted by Crippen LogP contribution is -2.53. The molecule has 0 spiro atoms. The van der Waals surface area contributed by atoms with Crippen molar-refractivity contribution in [2.75, 3.05) is 53.0 Å². The Morgan fingerprint density at radius 2 is 1.96 bits per heavy atom. The predicted molar refractivity (Wildman–Crippen MR) is 91.0 cm³/mol. The van der Waals surface area contributed by atoms with Gasteiger partial charge in [-0.2, -0.15) is 0 Å². The van der Waals surface area contributed by atoms with Gasteiger partial charge in [0.2, 0.25) is 10.0 Å². The molecule has 2 rings (SSSR count). The van der Waals surface area contributed by atoms with Crippen molar-refractivity contribution in [2.24, 2.45) is 0 Å². The number of nitrogens with zero attached hydrogens (tertiary/aromatic N) is 2. The molecule has 6 nitrogen and oxygen atoms in total. The summed E-state index contributed by atoms with van der Waals surface area (Å²) in [4.78, 5) is 5.04. The van der Waals surface area contributed by atoms with Crippen molar-refractivity contribution < 1.29 is 13.2 Å².